The summed E-state index contributed by atoms with van der Waals surface area (Å²) in [5, 5.41) is 8.12. The van der Waals surface area contributed by atoms with Gasteiger partial charge in [-0.1, -0.05) is 42.5 Å². The van der Waals surface area contributed by atoms with Gasteiger partial charge in [-0.2, -0.15) is 0 Å². The Morgan fingerprint density at radius 2 is 1.82 bits per heavy atom. The van der Waals surface area contributed by atoms with E-state index in [0.717, 1.165) is 38.6 Å². The van der Waals surface area contributed by atoms with Crippen LogP contribution in [-0.4, -0.2) is 43.1 Å². The maximum Gasteiger partial charge on any atom is 0.191 e. The molecule has 0 aliphatic carbocycles. The summed E-state index contributed by atoms with van der Waals surface area (Å²) in [4.78, 5) is 6.52. The van der Waals surface area contributed by atoms with Gasteiger partial charge in [0.2, 0.25) is 0 Å². The van der Waals surface area contributed by atoms with Crippen LogP contribution in [0.2, 0.25) is 0 Å². The minimum atomic E-state index is 0.767. The Morgan fingerprint density at radius 1 is 1.00 bits per heavy atom. The van der Waals surface area contributed by atoms with Crippen molar-refractivity contribution in [2.45, 2.75) is 26.1 Å². The molecular formula is C23H31N5. The first-order chi connectivity index (χ1) is 13.7. The van der Waals surface area contributed by atoms with E-state index in [9.17, 15) is 0 Å². The number of guanidine groups is 1. The summed E-state index contributed by atoms with van der Waals surface area (Å²) in [6, 6.07) is 19.4. The maximum atomic E-state index is 4.34. The molecule has 0 aliphatic heterocycles. The fourth-order valence-electron chi connectivity index (χ4n) is 3.40. The molecule has 5 nitrogen and oxygen atoms in total. The van der Waals surface area contributed by atoms with Crippen LogP contribution in [0.3, 0.4) is 0 Å². The average Bonchev–Trinajstić information content (AvgIpc) is 3.10. The van der Waals surface area contributed by atoms with Gasteiger partial charge in [-0.15, -0.1) is 0 Å². The molecule has 0 aliphatic rings. The Hall–Kier alpha value is -2.79. The van der Waals surface area contributed by atoms with Gasteiger partial charge >= 0.3 is 0 Å². The van der Waals surface area contributed by atoms with Crippen molar-refractivity contribution in [1.29, 1.82) is 0 Å². The normalized spacial score (nSPS) is 11.9. The third-order valence-electron chi connectivity index (χ3n) is 4.72. The van der Waals surface area contributed by atoms with Gasteiger partial charge in [0, 0.05) is 44.9 Å². The van der Waals surface area contributed by atoms with Crippen LogP contribution in [0.25, 0.3) is 10.9 Å². The second-order valence-corrected chi connectivity index (χ2v) is 7.33. The van der Waals surface area contributed by atoms with Crippen LogP contribution in [0, 0.1) is 0 Å². The van der Waals surface area contributed by atoms with Gasteiger partial charge in [0.1, 0.15) is 0 Å². The Kier molecular flexibility index (Phi) is 7.09. The number of nitrogens with zero attached hydrogens (tertiary/aromatic N) is 3. The highest BCUT2D eigenvalue weighted by atomic mass is 15.2. The van der Waals surface area contributed by atoms with E-state index in [1.165, 1.54) is 22.0 Å². The van der Waals surface area contributed by atoms with Crippen LogP contribution in [0.15, 0.2) is 65.8 Å². The molecule has 1 heterocycles. The number of hydrogen-bond acceptors (Lipinski definition) is 2. The number of hydrogen-bond donors (Lipinski definition) is 2. The predicted molar refractivity (Wildman–Crippen MR) is 119 cm³/mol. The monoisotopic (exact) mass is 377 g/mol. The molecule has 0 spiro atoms. The van der Waals surface area contributed by atoms with Gasteiger partial charge in [0.25, 0.3) is 0 Å². The summed E-state index contributed by atoms with van der Waals surface area (Å²) in [7, 11) is 6.00. The highest BCUT2D eigenvalue weighted by Gasteiger charge is 2.02. The van der Waals surface area contributed by atoms with Gasteiger partial charge in [-0.3, -0.25) is 4.99 Å². The van der Waals surface area contributed by atoms with Crippen molar-refractivity contribution >= 4 is 16.9 Å². The first-order valence-corrected chi connectivity index (χ1v) is 9.86. The fourth-order valence-corrected chi connectivity index (χ4v) is 3.40. The van der Waals surface area contributed by atoms with E-state index in [2.05, 4.69) is 100.0 Å². The SMILES string of the molecule is CN=C(NCCCn1ccc2ccccc21)NCc1cccc(CN(C)C)c1. The summed E-state index contributed by atoms with van der Waals surface area (Å²) in [5.41, 5.74) is 3.88. The molecule has 0 radical (unpaired) electrons. The number of aliphatic imine (C=N–C) groups is 1. The third kappa shape index (κ3) is 5.60. The first kappa shape index (κ1) is 20.0. The molecule has 0 unspecified atom stereocenters. The molecule has 2 N–H and O–H groups in total. The lowest BCUT2D eigenvalue weighted by molar-refractivity contribution is 0.402. The van der Waals surface area contributed by atoms with E-state index in [-0.39, 0.29) is 0 Å². The minimum Gasteiger partial charge on any atom is -0.356 e. The molecule has 0 atom stereocenters. The van der Waals surface area contributed by atoms with Crippen LogP contribution >= 0.6 is 0 Å². The van der Waals surface area contributed by atoms with E-state index in [4.69, 9.17) is 0 Å². The van der Waals surface area contributed by atoms with Crippen LogP contribution in [0.4, 0.5) is 0 Å². The third-order valence-corrected chi connectivity index (χ3v) is 4.72. The highest BCUT2D eigenvalue weighted by Crippen LogP contribution is 2.15. The number of aryl methyl sites for hydroxylation is 1. The molecule has 1 aromatic heterocycles. The lowest BCUT2D eigenvalue weighted by Crippen LogP contribution is -2.37. The van der Waals surface area contributed by atoms with Crippen molar-refractivity contribution < 1.29 is 0 Å². The Morgan fingerprint density at radius 3 is 2.64 bits per heavy atom. The molecular weight excluding hydrogens is 346 g/mol. The number of rotatable bonds is 8. The van der Waals surface area contributed by atoms with E-state index in [1.807, 2.05) is 7.05 Å². The second-order valence-electron chi connectivity index (χ2n) is 7.33. The molecule has 0 saturated carbocycles. The summed E-state index contributed by atoms with van der Waals surface area (Å²) in [5.74, 6) is 0.843. The van der Waals surface area contributed by atoms with Crippen molar-refractivity contribution in [3.63, 3.8) is 0 Å². The molecule has 0 fully saturated rings. The largest absolute Gasteiger partial charge is 0.356 e. The molecule has 2 aromatic carbocycles. The van der Waals surface area contributed by atoms with E-state index < -0.39 is 0 Å². The quantitative estimate of drug-likeness (QED) is 0.359. The summed E-state index contributed by atoms with van der Waals surface area (Å²) < 4.78 is 2.31. The van der Waals surface area contributed by atoms with Gasteiger partial charge in [0.15, 0.2) is 5.96 Å². The molecule has 0 amide bonds. The topological polar surface area (TPSA) is 44.6 Å². The summed E-state index contributed by atoms with van der Waals surface area (Å²) in [6.45, 7) is 3.59. The van der Waals surface area contributed by atoms with Gasteiger partial charge in [-0.05, 0) is 49.2 Å². The number of nitrogens with one attached hydrogen (secondary N) is 2. The van der Waals surface area contributed by atoms with Crippen molar-refractivity contribution in [1.82, 2.24) is 20.1 Å². The van der Waals surface area contributed by atoms with E-state index in [0.29, 0.717) is 0 Å². The maximum absolute atomic E-state index is 4.34. The van der Waals surface area contributed by atoms with Gasteiger partial charge < -0.3 is 20.1 Å². The number of fused-ring (bicyclic) bond motifs is 1. The van der Waals surface area contributed by atoms with Crippen molar-refractivity contribution in [2.24, 2.45) is 4.99 Å². The van der Waals surface area contributed by atoms with E-state index in [1.54, 1.807) is 0 Å². The van der Waals surface area contributed by atoms with Crippen molar-refractivity contribution in [2.75, 3.05) is 27.7 Å². The average molecular weight is 378 g/mol. The van der Waals surface area contributed by atoms with Crippen LogP contribution in [0.1, 0.15) is 17.5 Å². The molecule has 3 rings (SSSR count). The summed E-state index contributed by atoms with van der Waals surface area (Å²) >= 11 is 0. The van der Waals surface area contributed by atoms with Crippen LogP contribution in [0.5, 0.6) is 0 Å². The Balaban J connectivity index is 1.44. The van der Waals surface area contributed by atoms with Crippen molar-refractivity contribution in [3.05, 3.63) is 71.9 Å². The molecule has 28 heavy (non-hydrogen) atoms. The zero-order valence-corrected chi connectivity index (χ0v) is 17.2. The molecule has 148 valence electrons. The number of aromatic nitrogens is 1. The number of benzene rings is 2. The predicted octanol–water partition coefficient (Wildman–Crippen LogP) is 3.46. The van der Waals surface area contributed by atoms with Crippen LogP contribution in [-0.2, 0) is 19.6 Å². The van der Waals surface area contributed by atoms with Gasteiger partial charge in [0.05, 0.1) is 0 Å². The molecule has 0 saturated heterocycles. The zero-order chi connectivity index (χ0) is 19.8. The lowest BCUT2D eigenvalue weighted by atomic mass is 10.1. The Bertz CT molecular complexity index is 910. The highest BCUT2D eigenvalue weighted by molar-refractivity contribution is 5.80. The molecule has 0 bridgehead atoms. The van der Waals surface area contributed by atoms with Crippen LogP contribution < -0.4 is 10.6 Å². The number of para-hydroxylation sites is 1. The van der Waals surface area contributed by atoms with Gasteiger partial charge in [-0.25, -0.2) is 0 Å². The van der Waals surface area contributed by atoms with E-state index >= 15 is 0 Å². The lowest BCUT2D eigenvalue weighted by Gasteiger charge is -2.14. The molecule has 3 aromatic rings. The standard InChI is InChI=1S/C23H31N5/c1-24-23(26-17-19-8-6-9-20(16-19)18-27(2)3)25-13-7-14-28-15-12-21-10-4-5-11-22(21)28/h4-6,8-12,15-16H,7,13-14,17-18H2,1-3H3,(H2,24,25,26). The van der Waals surface area contributed by atoms with Crippen molar-refractivity contribution in [3.8, 4) is 0 Å². The zero-order valence-electron chi connectivity index (χ0n) is 17.2. The Labute approximate surface area is 168 Å². The summed E-state index contributed by atoms with van der Waals surface area (Å²) in [6.07, 6.45) is 3.20. The minimum absolute atomic E-state index is 0.767. The first-order valence-electron chi connectivity index (χ1n) is 9.86. The smallest absolute Gasteiger partial charge is 0.191 e. The second kappa shape index (κ2) is 9.95. The fraction of sp³-hybridized carbons (Fsp3) is 0.348. The molecule has 5 heteroatoms.